The van der Waals surface area contributed by atoms with Crippen LogP contribution < -0.4 is 15.5 Å². The third kappa shape index (κ3) is 3.45. The van der Waals surface area contributed by atoms with E-state index < -0.39 is 0 Å². The number of halogens is 1. The van der Waals surface area contributed by atoms with Crippen LogP contribution in [0, 0.1) is 0 Å². The van der Waals surface area contributed by atoms with Gasteiger partial charge in [-0.3, -0.25) is 4.79 Å². The first-order valence-electron chi connectivity index (χ1n) is 6.28. The fourth-order valence-corrected chi connectivity index (χ4v) is 3.59. The quantitative estimate of drug-likeness (QED) is 0.625. The average molecular weight is 290 g/mol. The minimum absolute atomic E-state index is 0.0669. The molecular weight excluding hydrogens is 270 g/mol. The SMILES string of the molecule is C[C@H](C(N)=O)[NH+]1CC[NH+](Cc2ccc(Cl)s2)CC1. The summed E-state index contributed by atoms with van der Waals surface area (Å²) in [7, 11) is 0. The molecule has 0 bridgehead atoms. The zero-order chi connectivity index (χ0) is 13.1. The molecule has 6 heteroatoms. The topological polar surface area (TPSA) is 52.0 Å². The van der Waals surface area contributed by atoms with Crippen molar-refractivity contribution in [1.29, 1.82) is 0 Å². The lowest BCUT2D eigenvalue weighted by atomic mass is 10.2. The van der Waals surface area contributed by atoms with Crippen LogP contribution in [0.3, 0.4) is 0 Å². The van der Waals surface area contributed by atoms with E-state index in [1.54, 1.807) is 16.2 Å². The molecule has 0 unspecified atom stereocenters. The number of primary amides is 1. The maximum Gasteiger partial charge on any atom is 0.275 e. The molecule has 0 aromatic carbocycles. The molecule has 0 saturated carbocycles. The summed E-state index contributed by atoms with van der Waals surface area (Å²) in [6.45, 7) is 7.15. The van der Waals surface area contributed by atoms with Crippen LogP contribution in [0.5, 0.6) is 0 Å². The first-order chi connectivity index (χ1) is 8.56. The number of piperazine rings is 1. The Bertz CT molecular complexity index is 415. The Kier molecular flexibility index (Phi) is 4.61. The van der Waals surface area contributed by atoms with E-state index in [0.717, 1.165) is 37.1 Å². The van der Waals surface area contributed by atoms with Crippen molar-refractivity contribution in [3.05, 3.63) is 21.3 Å². The van der Waals surface area contributed by atoms with E-state index in [0.29, 0.717) is 0 Å². The molecule has 0 aliphatic carbocycles. The van der Waals surface area contributed by atoms with Gasteiger partial charge in [-0.25, -0.2) is 0 Å². The molecule has 2 rings (SSSR count). The maximum atomic E-state index is 11.2. The molecule has 1 aromatic rings. The van der Waals surface area contributed by atoms with Crippen molar-refractivity contribution in [2.75, 3.05) is 26.2 Å². The summed E-state index contributed by atoms with van der Waals surface area (Å²) in [6.07, 6.45) is 0. The molecule has 0 radical (unpaired) electrons. The molecule has 1 amide bonds. The van der Waals surface area contributed by atoms with Crippen molar-refractivity contribution in [3.8, 4) is 0 Å². The molecule has 1 aromatic heterocycles. The van der Waals surface area contributed by atoms with Crippen LogP contribution in [-0.4, -0.2) is 38.1 Å². The highest BCUT2D eigenvalue weighted by molar-refractivity contribution is 7.16. The molecular formula is C12H20ClN3OS+2. The summed E-state index contributed by atoms with van der Waals surface area (Å²) in [6, 6.07) is 3.99. The fraction of sp³-hybridized carbons (Fsp3) is 0.583. The number of hydrogen-bond donors (Lipinski definition) is 3. The Morgan fingerprint density at radius 2 is 2.11 bits per heavy atom. The van der Waals surface area contributed by atoms with Crippen LogP contribution >= 0.6 is 22.9 Å². The number of carbonyl (C=O) groups excluding carboxylic acids is 1. The number of thiophene rings is 1. The number of rotatable bonds is 4. The van der Waals surface area contributed by atoms with Crippen molar-refractivity contribution in [2.24, 2.45) is 5.73 Å². The third-order valence-corrected chi connectivity index (χ3v) is 4.92. The number of amides is 1. The minimum Gasteiger partial charge on any atom is -0.365 e. The van der Waals surface area contributed by atoms with Gasteiger partial charge >= 0.3 is 0 Å². The smallest absolute Gasteiger partial charge is 0.275 e. The number of nitrogens with two attached hydrogens (primary N) is 1. The van der Waals surface area contributed by atoms with Gasteiger partial charge in [0.2, 0.25) is 0 Å². The van der Waals surface area contributed by atoms with Gasteiger partial charge in [-0.1, -0.05) is 11.6 Å². The Morgan fingerprint density at radius 1 is 1.44 bits per heavy atom. The van der Waals surface area contributed by atoms with Crippen LogP contribution in [0.25, 0.3) is 0 Å². The lowest BCUT2D eigenvalue weighted by molar-refractivity contribution is -1.02. The molecule has 1 aliphatic heterocycles. The van der Waals surface area contributed by atoms with Crippen molar-refractivity contribution in [2.45, 2.75) is 19.5 Å². The molecule has 1 atom stereocenters. The van der Waals surface area contributed by atoms with E-state index in [-0.39, 0.29) is 11.9 Å². The van der Waals surface area contributed by atoms with Crippen molar-refractivity contribution in [1.82, 2.24) is 0 Å². The van der Waals surface area contributed by atoms with E-state index in [2.05, 4.69) is 6.07 Å². The van der Waals surface area contributed by atoms with Crippen LogP contribution in [0.2, 0.25) is 4.34 Å². The zero-order valence-corrected chi connectivity index (χ0v) is 12.1. The number of nitrogens with one attached hydrogen (secondary N) is 2. The first kappa shape index (κ1) is 13.8. The molecule has 18 heavy (non-hydrogen) atoms. The van der Waals surface area contributed by atoms with Crippen LogP contribution in [0.4, 0.5) is 0 Å². The summed E-state index contributed by atoms with van der Waals surface area (Å²) in [5.41, 5.74) is 5.35. The standard InChI is InChI=1S/C12H18ClN3OS/c1-9(12(14)17)16-6-4-15(5-7-16)8-10-2-3-11(13)18-10/h2-3,9H,4-8H2,1H3,(H2,14,17)/p+2/t9-/m1/s1. The minimum atomic E-state index is -0.196. The van der Waals surface area contributed by atoms with Gasteiger partial charge in [0.1, 0.15) is 32.7 Å². The second-order valence-electron chi connectivity index (χ2n) is 4.91. The monoisotopic (exact) mass is 289 g/mol. The molecule has 1 saturated heterocycles. The van der Waals surface area contributed by atoms with Gasteiger partial charge in [-0.15, -0.1) is 11.3 Å². The molecule has 2 heterocycles. The van der Waals surface area contributed by atoms with Crippen molar-refractivity contribution in [3.63, 3.8) is 0 Å². The maximum absolute atomic E-state index is 11.2. The third-order valence-electron chi connectivity index (χ3n) is 3.69. The van der Waals surface area contributed by atoms with E-state index in [1.165, 1.54) is 9.78 Å². The highest BCUT2D eigenvalue weighted by Crippen LogP contribution is 2.20. The summed E-state index contributed by atoms with van der Waals surface area (Å²) >= 11 is 7.59. The summed E-state index contributed by atoms with van der Waals surface area (Å²) in [4.78, 5) is 15.4. The van der Waals surface area contributed by atoms with E-state index in [9.17, 15) is 4.79 Å². The lowest BCUT2D eigenvalue weighted by Gasteiger charge is -2.31. The molecule has 4 nitrogen and oxygen atoms in total. The van der Waals surface area contributed by atoms with E-state index in [4.69, 9.17) is 17.3 Å². The van der Waals surface area contributed by atoms with Gasteiger partial charge < -0.3 is 15.5 Å². The number of quaternary nitrogens is 2. The van der Waals surface area contributed by atoms with Gasteiger partial charge in [0.05, 0.1) is 9.21 Å². The number of carbonyl (C=O) groups is 1. The second kappa shape index (κ2) is 6.02. The van der Waals surface area contributed by atoms with Gasteiger partial charge in [-0.05, 0) is 19.1 Å². The molecule has 4 N–H and O–H groups in total. The predicted octanol–water partition coefficient (Wildman–Crippen LogP) is -1.44. The van der Waals surface area contributed by atoms with Crippen LogP contribution in [0.1, 0.15) is 11.8 Å². The van der Waals surface area contributed by atoms with Gasteiger partial charge in [0.15, 0.2) is 6.04 Å². The number of hydrogen-bond acceptors (Lipinski definition) is 2. The normalized spacial score (nSPS) is 25.9. The Balaban J connectivity index is 1.81. The lowest BCUT2D eigenvalue weighted by Crippen LogP contribution is -3.29. The Hall–Kier alpha value is -0.620. The predicted molar refractivity (Wildman–Crippen MR) is 73.1 cm³/mol. The molecule has 1 aliphatic rings. The summed E-state index contributed by atoms with van der Waals surface area (Å²) in [5, 5.41) is 0. The van der Waals surface area contributed by atoms with E-state index >= 15 is 0 Å². The molecule has 1 fully saturated rings. The zero-order valence-electron chi connectivity index (χ0n) is 10.5. The van der Waals surface area contributed by atoms with Gasteiger partial charge in [-0.2, -0.15) is 0 Å². The van der Waals surface area contributed by atoms with Crippen LogP contribution in [-0.2, 0) is 11.3 Å². The van der Waals surface area contributed by atoms with Crippen molar-refractivity contribution >= 4 is 28.8 Å². The largest absolute Gasteiger partial charge is 0.365 e. The summed E-state index contributed by atoms with van der Waals surface area (Å²) < 4.78 is 0.857. The molecule has 0 spiro atoms. The first-order valence-corrected chi connectivity index (χ1v) is 7.47. The second-order valence-corrected chi connectivity index (χ2v) is 6.71. The van der Waals surface area contributed by atoms with Gasteiger partial charge in [0, 0.05) is 0 Å². The van der Waals surface area contributed by atoms with Crippen molar-refractivity contribution < 1.29 is 14.6 Å². The van der Waals surface area contributed by atoms with E-state index in [1.807, 2.05) is 13.0 Å². The highest BCUT2D eigenvalue weighted by atomic mass is 35.5. The Labute approximate surface area is 116 Å². The highest BCUT2D eigenvalue weighted by Gasteiger charge is 2.29. The molecule has 100 valence electrons. The Morgan fingerprint density at radius 3 is 2.61 bits per heavy atom. The van der Waals surface area contributed by atoms with Gasteiger partial charge in [0.25, 0.3) is 5.91 Å². The average Bonchev–Trinajstić information content (AvgIpc) is 2.75. The van der Waals surface area contributed by atoms with Crippen LogP contribution in [0.15, 0.2) is 12.1 Å². The summed E-state index contributed by atoms with van der Waals surface area (Å²) in [5.74, 6) is -0.196. The fourth-order valence-electron chi connectivity index (χ4n) is 2.43.